The van der Waals surface area contributed by atoms with Gasteiger partial charge < -0.3 is 5.32 Å². The number of nitrogens with one attached hydrogen (secondary N) is 1. The van der Waals surface area contributed by atoms with Gasteiger partial charge >= 0.3 is 0 Å². The maximum atomic E-state index is 12.2. The van der Waals surface area contributed by atoms with Crippen molar-refractivity contribution >= 4 is 17.7 Å². The first-order valence-electron chi connectivity index (χ1n) is 10.5. The van der Waals surface area contributed by atoms with E-state index in [-0.39, 0.29) is 5.91 Å². The van der Waals surface area contributed by atoms with Gasteiger partial charge in [-0.3, -0.25) is 9.36 Å². The predicted octanol–water partition coefficient (Wildman–Crippen LogP) is 4.48. The van der Waals surface area contributed by atoms with Gasteiger partial charge in [-0.15, -0.1) is 10.2 Å². The normalized spacial score (nSPS) is 11.1. The van der Waals surface area contributed by atoms with Crippen molar-refractivity contribution in [3.05, 3.63) is 71.5 Å². The highest BCUT2D eigenvalue weighted by Crippen LogP contribution is 2.23. The fraction of sp³-hybridized carbons (Fsp3) is 0.375. The number of nitrogens with zero attached hydrogens (tertiary/aromatic N) is 3. The number of amides is 1. The van der Waals surface area contributed by atoms with Crippen LogP contribution in [0, 0.1) is 5.92 Å². The fourth-order valence-electron chi connectivity index (χ4n) is 3.10. The second-order valence-electron chi connectivity index (χ2n) is 7.73. The molecule has 1 heterocycles. The number of hydrogen-bond acceptors (Lipinski definition) is 4. The third kappa shape index (κ3) is 6.20. The molecule has 158 valence electrons. The second-order valence-corrected chi connectivity index (χ2v) is 8.67. The van der Waals surface area contributed by atoms with E-state index in [0.717, 1.165) is 35.9 Å². The summed E-state index contributed by atoms with van der Waals surface area (Å²) in [6, 6.07) is 18.9. The summed E-state index contributed by atoms with van der Waals surface area (Å²) in [5.74, 6) is 1.70. The van der Waals surface area contributed by atoms with E-state index in [1.54, 1.807) is 0 Å². The zero-order chi connectivity index (χ0) is 21.3. The van der Waals surface area contributed by atoms with Crippen LogP contribution in [-0.2, 0) is 24.1 Å². The number of aromatic nitrogens is 3. The van der Waals surface area contributed by atoms with Crippen molar-refractivity contribution in [2.24, 2.45) is 5.92 Å². The quantitative estimate of drug-likeness (QED) is 0.490. The van der Waals surface area contributed by atoms with Crippen LogP contribution in [0.1, 0.15) is 37.7 Å². The summed E-state index contributed by atoms with van der Waals surface area (Å²) in [5, 5.41) is 12.6. The van der Waals surface area contributed by atoms with Gasteiger partial charge in [0.15, 0.2) is 5.16 Å². The molecule has 1 amide bonds. The Morgan fingerprint density at radius 1 is 1.00 bits per heavy atom. The Morgan fingerprint density at radius 2 is 1.73 bits per heavy atom. The lowest BCUT2D eigenvalue weighted by molar-refractivity contribution is -0.118. The predicted molar refractivity (Wildman–Crippen MR) is 123 cm³/mol. The minimum absolute atomic E-state index is 0.0235. The summed E-state index contributed by atoms with van der Waals surface area (Å²) in [6.07, 6.45) is 2.68. The minimum atomic E-state index is 0.0235. The monoisotopic (exact) mass is 422 g/mol. The topological polar surface area (TPSA) is 59.8 Å². The standard InChI is InChI=1S/C24H30N4OS/c1-4-19-10-13-21(14-11-19)28-22(15-12-20-8-6-5-7-9-20)26-27-24(28)30-17-23(29)25-16-18(2)3/h5-11,13-14,18H,4,12,15-17H2,1-3H3,(H,25,29). The van der Waals surface area contributed by atoms with E-state index in [1.807, 2.05) is 6.07 Å². The molecule has 0 atom stereocenters. The number of thioether (sulfide) groups is 1. The van der Waals surface area contributed by atoms with Crippen LogP contribution in [0.5, 0.6) is 0 Å². The van der Waals surface area contributed by atoms with Crippen molar-refractivity contribution < 1.29 is 4.79 Å². The maximum absolute atomic E-state index is 12.2. The molecule has 2 aromatic carbocycles. The fourth-order valence-corrected chi connectivity index (χ4v) is 3.90. The van der Waals surface area contributed by atoms with Crippen LogP contribution in [0.4, 0.5) is 0 Å². The third-order valence-corrected chi connectivity index (χ3v) is 5.75. The molecule has 0 spiro atoms. The number of carbonyl (C=O) groups excluding carboxylic acids is 1. The lowest BCUT2D eigenvalue weighted by Crippen LogP contribution is -2.28. The average molecular weight is 423 g/mol. The van der Waals surface area contributed by atoms with Gasteiger partial charge in [0.25, 0.3) is 0 Å². The van der Waals surface area contributed by atoms with Crippen molar-refractivity contribution in [1.29, 1.82) is 0 Å². The first kappa shape index (κ1) is 22.1. The molecular formula is C24H30N4OS. The summed E-state index contributed by atoms with van der Waals surface area (Å²) in [7, 11) is 0. The third-order valence-electron chi connectivity index (χ3n) is 4.82. The van der Waals surface area contributed by atoms with Crippen LogP contribution in [0.3, 0.4) is 0 Å². The summed E-state index contributed by atoms with van der Waals surface area (Å²) < 4.78 is 2.09. The summed E-state index contributed by atoms with van der Waals surface area (Å²) in [4.78, 5) is 12.2. The number of benzene rings is 2. The Morgan fingerprint density at radius 3 is 2.40 bits per heavy atom. The lowest BCUT2D eigenvalue weighted by atomic mass is 10.1. The van der Waals surface area contributed by atoms with Crippen molar-refractivity contribution in [3.63, 3.8) is 0 Å². The van der Waals surface area contributed by atoms with Crippen LogP contribution < -0.4 is 5.32 Å². The average Bonchev–Trinajstić information content (AvgIpc) is 3.18. The summed E-state index contributed by atoms with van der Waals surface area (Å²) in [5.41, 5.74) is 3.60. The molecule has 0 aliphatic carbocycles. The van der Waals surface area contributed by atoms with Gasteiger partial charge in [-0.25, -0.2) is 0 Å². The highest BCUT2D eigenvalue weighted by atomic mass is 32.2. The van der Waals surface area contributed by atoms with Gasteiger partial charge in [0.1, 0.15) is 5.82 Å². The van der Waals surface area contributed by atoms with Crippen LogP contribution in [-0.4, -0.2) is 33.0 Å². The van der Waals surface area contributed by atoms with E-state index in [1.165, 1.54) is 22.9 Å². The number of aryl methyl sites for hydroxylation is 3. The highest BCUT2D eigenvalue weighted by molar-refractivity contribution is 7.99. The largest absolute Gasteiger partial charge is 0.355 e. The first-order valence-corrected chi connectivity index (χ1v) is 11.5. The van der Waals surface area contributed by atoms with E-state index in [0.29, 0.717) is 18.2 Å². The number of carbonyl (C=O) groups is 1. The highest BCUT2D eigenvalue weighted by Gasteiger charge is 2.16. The molecule has 3 aromatic rings. The van der Waals surface area contributed by atoms with Crippen molar-refractivity contribution in [2.45, 2.75) is 45.2 Å². The van der Waals surface area contributed by atoms with Crippen LogP contribution in [0.15, 0.2) is 59.8 Å². The van der Waals surface area contributed by atoms with Crippen LogP contribution >= 0.6 is 11.8 Å². The van der Waals surface area contributed by atoms with Crippen molar-refractivity contribution in [1.82, 2.24) is 20.1 Å². The summed E-state index contributed by atoms with van der Waals surface area (Å²) >= 11 is 1.43. The molecule has 30 heavy (non-hydrogen) atoms. The molecule has 5 nitrogen and oxygen atoms in total. The molecular weight excluding hydrogens is 392 g/mol. The summed E-state index contributed by atoms with van der Waals surface area (Å²) in [6.45, 7) is 7.01. The molecule has 6 heteroatoms. The van der Waals surface area contributed by atoms with Crippen molar-refractivity contribution in [3.8, 4) is 5.69 Å². The molecule has 1 aromatic heterocycles. The molecule has 0 saturated heterocycles. The zero-order valence-corrected chi connectivity index (χ0v) is 18.8. The number of hydrogen-bond donors (Lipinski definition) is 1. The zero-order valence-electron chi connectivity index (χ0n) is 18.0. The van der Waals surface area contributed by atoms with Gasteiger partial charge in [0, 0.05) is 18.7 Å². The van der Waals surface area contributed by atoms with Gasteiger partial charge in [-0.1, -0.05) is 75.0 Å². The molecule has 0 bridgehead atoms. The Hall–Kier alpha value is -2.60. The Labute approximate surface area is 183 Å². The molecule has 0 radical (unpaired) electrons. The van der Waals surface area contributed by atoms with Crippen LogP contribution in [0.25, 0.3) is 5.69 Å². The van der Waals surface area contributed by atoms with Crippen LogP contribution in [0.2, 0.25) is 0 Å². The molecule has 0 fully saturated rings. The minimum Gasteiger partial charge on any atom is -0.355 e. The molecule has 0 aliphatic rings. The second kappa shape index (κ2) is 11.0. The Bertz CT molecular complexity index is 936. The number of rotatable bonds is 10. The van der Waals surface area contributed by atoms with Crippen molar-refractivity contribution in [2.75, 3.05) is 12.3 Å². The van der Waals surface area contributed by atoms with Gasteiger partial charge in [0.05, 0.1) is 5.75 Å². The van der Waals surface area contributed by atoms with Gasteiger partial charge in [-0.05, 0) is 42.0 Å². The SMILES string of the molecule is CCc1ccc(-n2c(CCc3ccccc3)nnc2SCC(=O)NCC(C)C)cc1. The molecule has 1 N–H and O–H groups in total. The first-order chi connectivity index (χ1) is 14.6. The molecule has 0 unspecified atom stereocenters. The molecule has 0 aliphatic heterocycles. The smallest absolute Gasteiger partial charge is 0.230 e. The lowest BCUT2D eigenvalue weighted by Gasteiger charge is -2.11. The van der Waals surface area contributed by atoms with Gasteiger partial charge in [-0.2, -0.15) is 0 Å². The molecule has 0 saturated carbocycles. The maximum Gasteiger partial charge on any atom is 0.230 e. The van der Waals surface area contributed by atoms with E-state index < -0.39 is 0 Å². The Balaban J connectivity index is 1.78. The Kier molecular flexibility index (Phi) is 8.08. The van der Waals surface area contributed by atoms with E-state index in [4.69, 9.17) is 0 Å². The van der Waals surface area contributed by atoms with E-state index >= 15 is 0 Å². The molecule has 3 rings (SSSR count). The van der Waals surface area contributed by atoms with E-state index in [2.05, 4.69) is 89.4 Å². The van der Waals surface area contributed by atoms with Gasteiger partial charge in [0.2, 0.25) is 5.91 Å². The van der Waals surface area contributed by atoms with E-state index in [9.17, 15) is 4.79 Å².